The Balaban J connectivity index is 1.64. The van der Waals surface area contributed by atoms with E-state index in [1.54, 1.807) is 25.1 Å². The number of nitrogens with one attached hydrogen (secondary N) is 2. The van der Waals surface area contributed by atoms with E-state index >= 15 is 0 Å². The maximum absolute atomic E-state index is 12.5. The third-order valence-corrected chi connectivity index (χ3v) is 5.03. The first-order chi connectivity index (χ1) is 13.8. The first-order valence-corrected chi connectivity index (χ1v) is 9.65. The minimum absolute atomic E-state index is 0.0833. The van der Waals surface area contributed by atoms with Gasteiger partial charge in [-0.1, -0.05) is 58.2 Å². The molecule has 0 spiro atoms. The highest BCUT2D eigenvalue weighted by Crippen LogP contribution is 2.26. The number of nitrogens with zero attached hydrogens (tertiary/aromatic N) is 3. The van der Waals surface area contributed by atoms with Gasteiger partial charge in [0, 0.05) is 16.6 Å². The molecule has 1 heterocycles. The van der Waals surface area contributed by atoms with Crippen LogP contribution in [0, 0.1) is 6.92 Å². The molecule has 0 fully saturated rings. The summed E-state index contributed by atoms with van der Waals surface area (Å²) in [5.41, 5.74) is 1.68. The minimum atomic E-state index is -0.505. The maximum Gasteiger partial charge on any atom is 0.278 e. The van der Waals surface area contributed by atoms with Gasteiger partial charge in [0.05, 0.1) is 16.4 Å². The summed E-state index contributed by atoms with van der Waals surface area (Å²) in [6.45, 7) is 1.84. The predicted molar refractivity (Wildman–Crippen MR) is 112 cm³/mol. The summed E-state index contributed by atoms with van der Waals surface area (Å²) < 4.78 is 1.34. The van der Waals surface area contributed by atoms with Crippen LogP contribution in [0.5, 0.6) is 0 Å². The van der Waals surface area contributed by atoms with Gasteiger partial charge in [-0.3, -0.25) is 9.59 Å². The van der Waals surface area contributed by atoms with Crippen molar-refractivity contribution in [3.05, 3.63) is 74.5 Å². The average molecular weight is 453 g/mol. The molecular weight excluding hydrogens is 437 g/mol. The zero-order chi connectivity index (χ0) is 21.0. The summed E-state index contributed by atoms with van der Waals surface area (Å²) in [4.78, 5) is 24.7. The molecule has 0 bridgehead atoms. The van der Waals surface area contributed by atoms with Crippen LogP contribution in [0.15, 0.2) is 42.5 Å². The number of hydrogen-bond donors (Lipinski definition) is 2. The average Bonchev–Trinajstić information content (AvgIpc) is 3.04. The largest absolute Gasteiger partial charge is 0.350 e. The molecule has 3 aromatic rings. The Morgan fingerprint density at radius 2 is 1.83 bits per heavy atom. The number of hydrogen-bond acceptors (Lipinski definition) is 4. The highest BCUT2D eigenvalue weighted by molar-refractivity contribution is 6.35. The number of anilines is 1. The lowest BCUT2D eigenvalue weighted by atomic mass is 10.2. The molecule has 3 rings (SSSR count). The number of carbonyl (C=O) groups is 2. The van der Waals surface area contributed by atoms with Crippen LogP contribution < -0.4 is 10.6 Å². The molecule has 29 heavy (non-hydrogen) atoms. The zero-order valence-electron chi connectivity index (χ0n) is 15.2. The lowest BCUT2D eigenvalue weighted by Crippen LogP contribution is -2.28. The molecule has 150 valence electrons. The Morgan fingerprint density at radius 1 is 1.07 bits per heavy atom. The van der Waals surface area contributed by atoms with Gasteiger partial charge >= 0.3 is 0 Å². The summed E-state index contributed by atoms with van der Waals surface area (Å²) >= 11 is 18.1. The van der Waals surface area contributed by atoms with Crippen molar-refractivity contribution in [2.24, 2.45) is 0 Å². The molecule has 2 amide bonds. The summed E-state index contributed by atoms with van der Waals surface area (Å²) in [6, 6.07) is 12.0. The van der Waals surface area contributed by atoms with E-state index in [0.717, 1.165) is 5.56 Å². The van der Waals surface area contributed by atoms with Crippen molar-refractivity contribution < 1.29 is 9.59 Å². The van der Waals surface area contributed by atoms with E-state index in [-0.39, 0.29) is 24.7 Å². The number of halogens is 3. The van der Waals surface area contributed by atoms with Gasteiger partial charge < -0.3 is 10.6 Å². The first kappa shape index (κ1) is 21.1. The standard InChI is InChI=1S/C19H16Cl3N5O2/c1-11-18(19(29)24-16-8-13(20)6-7-15(16)22)25-26-27(11)10-17(28)23-9-12-4-2-3-5-14(12)21/h2-8H,9-10H2,1H3,(H,23,28)(H,24,29). The second-order valence-corrected chi connectivity index (χ2v) is 7.38. The molecule has 1 aromatic heterocycles. The van der Waals surface area contributed by atoms with Crippen molar-refractivity contribution in [2.45, 2.75) is 20.0 Å². The molecule has 0 aliphatic heterocycles. The number of amides is 2. The van der Waals surface area contributed by atoms with Crippen LogP contribution in [0.1, 0.15) is 21.7 Å². The minimum Gasteiger partial charge on any atom is -0.350 e. The number of rotatable bonds is 6. The van der Waals surface area contributed by atoms with E-state index in [1.165, 1.54) is 10.7 Å². The number of aromatic nitrogens is 3. The molecule has 0 radical (unpaired) electrons. The van der Waals surface area contributed by atoms with Crippen molar-refractivity contribution >= 4 is 52.3 Å². The van der Waals surface area contributed by atoms with Gasteiger partial charge in [0.1, 0.15) is 6.54 Å². The Labute approximate surface area is 181 Å². The molecule has 0 saturated heterocycles. The second-order valence-electron chi connectivity index (χ2n) is 6.13. The molecule has 7 nitrogen and oxygen atoms in total. The molecule has 0 aliphatic rings. The SMILES string of the molecule is Cc1c(C(=O)Nc2cc(Cl)ccc2Cl)nnn1CC(=O)NCc1ccccc1Cl. The van der Waals surface area contributed by atoms with E-state index in [1.807, 2.05) is 18.2 Å². The fourth-order valence-corrected chi connectivity index (χ4v) is 3.06. The molecular formula is C19H16Cl3N5O2. The van der Waals surface area contributed by atoms with E-state index < -0.39 is 5.91 Å². The highest BCUT2D eigenvalue weighted by Gasteiger charge is 2.19. The van der Waals surface area contributed by atoms with Gasteiger partial charge in [0.25, 0.3) is 5.91 Å². The summed E-state index contributed by atoms with van der Waals surface area (Å²) in [5, 5.41) is 14.5. The predicted octanol–water partition coefficient (Wildman–Crippen LogP) is 4.12. The normalized spacial score (nSPS) is 10.6. The van der Waals surface area contributed by atoms with Gasteiger partial charge in [0.15, 0.2) is 5.69 Å². The number of benzene rings is 2. The maximum atomic E-state index is 12.5. The van der Waals surface area contributed by atoms with E-state index in [2.05, 4.69) is 20.9 Å². The fourth-order valence-electron chi connectivity index (χ4n) is 2.52. The molecule has 0 atom stereocenters. The van der Waals surface area contributed by atoms with Gasteiger partial charge in [-0.2, -0.15) is 0 Å². The molecule has 10 heteroatoms. The first-order valence-electron chi connectivity index (χ1n) is 8.51. The van der Waals surface area contributed by atoms with Crippen LogP contribution in [0.4, 0.5) is 5.69 Å². The molecule has 0 unspecified atom stereocenters. The van der Waals surface area contributed by atoms with E-state index in [0.29, 0.717) is 26.4 Å². The molecule has 0 aliphatic carbocycles. The topological polar surface area (TPSA) is 88.9 Å². The molecule has 0 saturated carbocycles. The van der Waals surface area contributed by atoms with Crippen LogP contribution in [-0.4, -0.2) is 26.8 Å². The Bertz CT molecular complexity index is 1070. The van der Waals surface area contributed by atoms with Gasteiger partial charge in [0.2, 0.25) is 5.91 Å². The summed E-state index contributed by atoms with van der Waals surface area (Å²) in [6.07, 6.45) is 0. The fraction of sp³-hybridized carbons (Fsp3) is 0.158. The lowest BCUT2D eigenvalue weighted by molar-refractivity contribution is -0.122. The Morgan fingerprint density at radius 3 is 2.59 bits per heavy atom. The lowest BCUT2D eigenvalue weighted by Gasteiger charge is -2.08. The Kier molecular flexibility index (Phi) is 6.74. The summed E-state index contributed by atoms with van der Waals surface area (Å²) in [7, 11) is 0. The Hall–Kier alpha value is -2.61. The third-order valence-electron chi connectivity index (χ3n) is 4.10. The second kappa shape index (κ2) is 9.26. The molecule has 2 aromatic carbocycles. The van der Waals surface area contributed by atoms with Gasteiger partial charge in [-0.05, 0) is 36.8 Å². The van der Waals surface area contributed by atoms with Crippen molar-refractivity contribution in [3.8, 4) is 0 Å². The zero-order valence-corrected chi connectivity index (χ0v) is 17.5. The monoisotopic (exact) mass is 451 g/mol. The number of carbonyl (C=O) groups excluding carboxylic acids is 2. The van der Waals surface area contributed by atoms with Crippen molar-refractivity contribution in [1.82, 2.24) is 20.3 Å². The van der Waals surface area contributed by atoms with Crippen LogP contribution in [0.3, 0.4) is 0 Å². The third kappa shape index (κ3) is 5.26. The van der Waals surface area contributed by atoms with Crippen LogP contribution >= 0.6 is 34.8 Å². The van der Waals surface area contributed by atoms with Crippen LogP contribution in [-0.2, 0) is 17.9 Å². The van der Waals surface area contributed by atoms with E-state index in [4.69, 9.17) is 34.8 Å². The summed E-state index contributed by atoms with van der Waals surface area (Å²) in [5.74, 6) is -0.794. The van der Waals surface area contributed by atoms with Crippen molar-refractivity contribution in [1.29, 1.82) is 0 Å². The van der Waals surface area contributed by atoms with Gasteiger partial charge in [-0.15, -0.1) is 5.10 Å². The van der Waals surface area contributed by atoms with Gasteiger partial charge in [-0.25, -0.2) is 4.68 Å². The van der Waals surface area contributed by atoms with Crippen molar-refractivity contribution in [2.75, 3.05) is 5.32 Å². The quantitative estimate of drug-likeness (QED) is 0.589. The molecule has 2 N–H and O–H groups in total. The van der Waals surface area contributed by atoms with Crippen molar-refractivity contribution in [3.63, 3.8) is 0 Å². The van der Waals surface area contributed by atoms with Crippen LogP contribution in [0.2, 0.25) is 15.1 Å². The smallest absolute Gasteiger partial charge is 0.278 e. The highest BCUT2D eigenvalue weighted by atomic mass is 35.5. The van der Waals surface area contributed by atoms with Crippen LogP contribution in [0.25, 0.3) is 0 Å². The van der Waals surface area contributed by atoms with E-state index in [9.17, 15) is 9.59 Å².